The smallest absolute Gasteiger partial charge is 0.160 e. The average molecular weight is 1570 g/mol. The van der Waals surface area contributed by atoms with Crippen LogP contribution in [-0.2, 0) is 0 Å². The van der Waals surface area contributed by atoms with Crippen LogP contribution in [0.15, 0.2) is 421 Å². The minimum Gasteiger partial charge on any atom is -0.455 e. The van der Waals surface area contributed by atoms with E-state index in [-0.39, 0.29) is 0 Å². The molecule has 0 amide bonds. The predicted octanol–water partition coefficient (Wildman–Crippen LogP) is 31.8. The molecule has 0 N–H and O–H groups in total. The average Bonchev–Trinajstić information content (AvgIpc) is 1.52. The summed E-state index contributed by atoms with van der Waals surface area (Å²) < 4.78 is 18.8. The minimum atomic E-state index is 0.696. The first-order valence-electron chi connectivity index (χ1n) is 40.4. The summed E-state index contributed by atoms with van der Waals surface area (Å²) >= 11 is 3.74. The van der Waals surface area contributed by atoms with Crippen molar-refractivity contribution >= 4 is 128 Å². The Hall–Kier alpha value is -15.3. The molecule has 120 heavy (non-hydrogen) atoms. The predicted molar refractivity (Wildman–Crippen MR) is 505 cm³/mol. The Kier molecular flexibility index (Phi) is 17.2. The van der Waals surface area contributed by atoms with Crippen molar-refractivity contribution in [2.45, 2.75) is 0 Å². The van der Waals surface area contributed by atoms with Gasteiger partial charge in [0.2, 0.25) is 0 Å². The SMILES string of the molecule is c1ccc(-c2cc(-c3cccc(-c4cccc(-c5cccc6oc7c8ccccc8c(-c8cccc9c8sc8ccccc89)cc7c56)c4)c3)nc(-c3ccccc3)n2)cc1.c1ccc(-c2cccc(-c3cc(-c4ccc(-c5cccc6oc7c8ccccc8c(-c8cccc9c8sc8ccccc89)cc7c56)cc4)nc(-c4ccccc4)n3)c2)cc1. The van der Waals surface area contributed by atoms with Gasteiger partial charge in [0, 0.05) is 117 Å². The first-order chi connectivity index (χ1) is 59.5. The van der Waals surface area contributed by atoms with Gasteiger partial charge in [-0.3, -0.25) is 0 Å². The first kappa shape index (κ1) is 70.1. The van der Waals surface area contributed by atoms with Crippen molar-refractivity contribution in [3.05, 3.63) is 413 Å². The zero-order valence-corrected chi connectivity index (χ0v) is 66.3. The van der Waals surface area contributed by atoms with Crippen molar-refractivity contribution in [3.63, 3.8) is 0 Å². The van der Waals surface area contributed by atoms with Gasteiger partial charge in [0.15, 0.2) is 11.6 Å². The molecule has 0 aliphatic carbocycles. The summed E-state index contributed by atoms with van der Waals surface area (Å²) in [5, 5.41) is 14.3. The van der Waals surface area contributed by atoms with Crippen LogP contribution in [0, 0.1) is 0 Å². The number of thiophene rings is 2. The fourth-order valence-electron chi connectivity index (χ4n) is 17.7. The molecule has 6 nitrogen and oxygen atoms in total. The third-order valence-corrected chi connectivity index (χ3v) is 25.8. The zero-order chi connectivity index (χ0) is 79.1. The fourth-order valence-corrected chi connectivity index (χ4v) is 20.2. The van der Waals surface area contributed by atoms with E-state index >= 15 is 0 Å². The van der Waals surface area contributed by atoms with Crippen LogP contribution in [-0.4, -0.2) is 19.9 Å². The number of nitrogens with zero attached hydrogens (tertiary/aromatic N) is 4. The van der Waals surface area contributed by atoms with Gasteiger partial charge < -0.3 is 8.83 Å². The largest absolute Gasteiger partial charge is 0.455 e. The van der Waals surface area contributed by atoms with E-state index in [1.807, 2.05) is 83.3 Å². The molecule has 8 heteroatoms. The van der Waals surface area contributed by atoms with Crippen LogP contribution in [0.3, 0.4) is 0 Å². The molecule has 0 atom stereocenters. The monoisotopic (exact) mass is 1560 g/mol. The Morgan fingerprint density at radius 1 is 0.175 bits per heavy atom. The molecule has 24 aromatic rings. The van der Waals surface area contributed by atoms with Crippen molar-refractivity contribution in [2.75, 3.05) is 0 Å². The molecule has 0 saturated heterocycles. The molecule has 0 saturated carbocycles. The second-order valence-corrected chi connectivity index (χ2v) is 32.6. The van der Waals surface area contributed by atoms with E-state index in [2.05, 4.69) is 352 Å². The summed E-state index contributed by atoms with van der Waals surface area (Å²) in [5.74, 6) is 1.40. The summed E-state index contributed by atoms with van der Waals surface area (Å²) in [4.78, 5) is 20.4. The number of benzene rings is 18. The Morgan fingerprint density at radius 2 is 0.483 bits per heavy atom. The van der Waals surface area contributed by atoms with Crippen molar-refractivity contribution in [1.29, 1.82) is 0 Å². The Labute approximate surface area is 699 Å². The molecule has 0 bridgehead atoms. The van der Waals surface area contributed by atoms with Gasteiger partial charge in [-0.05, 0) is 133 Å². The zero-order valence-electron chi connectivity index (χ0n) is 64.7. The lowest BCUT2D eigenvalue weighted by Crippen LogP contribution is -1.96. The van der Waals surface area contributed by atoms with Crippen LogP contribution < -0.4 is 0 Å². The lowest BCUT2D eigenvalue weighted by molar-refractivity contribution is 0.672. The number of aromatic nitrogens is 4. The van der Waals surface area contributed by atoms with Crippen LogP contribution in [0.5, 0.6) is 0 Å². The Bertz CT molecular complexity index is 8090. The highest BCUT2D eigenvalue weighted by Gasteiger charge is 2.24. The van der Waals surface area contributed by atoms with Crippen molar-refractivity contribution in [1.82, 2.24) is 19.9 Å². The van der Waals surface area contributed by atoms with Crippen LogP contribution in [0.2, 0.25) is 0 Å². The van der Waals surface area contributed by atoms with Crippen molar-refractivity contribution in [2.24, 2.45) is 0 Å². The second-order valence-electron chi connectivity index (χ2n) is 30.5. The summed E-state index contributed by atoms with van der Waals surface area (Å²) in [7, 11) is 0. The number of rotatable bonds is 12. The van der Waals surface area contributed by atoms with E-state index in [0.717, 1.165) is 150 Å². The van der Waals surface area contributed by atoms with E-state index < -0.39 is 0 Å². The maximum Gasteiger partial charge on any atom is 0.160 e. The van der Waals surface area contributed by atoms with Gasteiger partial charge in [0.1, 0.15) is 22.3 Å². The molecule has 24 rings (SSSR count). The molecule has 560 valence electrons. The molecular formula is C112H68N4O2S2. The van der Waals surface area contributed by atoms with Crippen molar-refractivity contribution in [3.8, 4) is 135 Å². The standard InChI is InChI=1S/2C56H34N2OS/c1-3-15-35(16-4-1)49-34-50(58-56(57-49)36-17-5-2-6-18-36)40-22-12-20-38(32-40)37-19-11-21-39(31-37)41-26-14-29-51-53(41)48-33-47(42-23-7-8-25-44(42)54(48)59-51)46-28-13-27-45-43-24-9-10-30-52(43)60-55(45)46;1-3-14-35(15-4-1)39-18-11-19-40(32-39)50-34-49(57-56(58-50)38-16-5-2-6-17-38)37-30-28-36(29-31-37)41-23-13-26-51-53(41)48-33-47(42-20-7-8-22-44(42)54(48)59-51)46-25-12-24-45-43-21-9-10-27-52(43)60-55(45)46/h2*1-34H. The van der Waals surface area contributed by atoms with Crippen LogP contribution >= 0.6 is 22.7 Å². The quantitative estimate of drug-likeness (QED) is 0.121. The third-order valence-electron chi connectivity index (χ3n) is 23.4. The highest BCUT2D eigenvalue weighted by molar-refractivity contribution is 7.26. The number of hydrogen-bond donors (Lipinski definition) is 0. The summed E-state index contributed by atoms with van der Waals surface area (Å²) in [5.41, 5.74) is 27.2. The Morgan fingerprint density at radius 3 is 0.950 bits per heavy atom. The highest BCUT2D eigenvalue weighted by atomic mass is 32.1. The van der Waals surface area contributed by atoms with E-state index in [9.17, 15) is 0 Å². The van der Waals surface area contributed by atoms with E-state index in [0.29, 0.717) is 11.6 Å². The first-order valence-corrected chi connectivity index (χ1v) is 42.1. The summed E-state index contributed by atoms with van der Waals surface area (Å²) in [6.07, 6.45) is 0. The number of fused-ring (bicyclic) bond motifs is 16. The third kappa shape index (κ3) is 12.4. The highest BCUT2D eigenvalue weighted by Crippen LogP contribution is 2.50. The maximum atomic E-state index is 6.81. The van der Waals surface area contributed by atoms with Crippen LogP contribution in [0.1, 0.15) is 0 Å². The normalized spacial score (nSPS) is 11.7. The lowest BCUT2D eigenvalue weighted by Gasteiger charge is -2.12. The van der Waals surface area contributed by atoms with E-state index in [1.165, 1.54) is 78.9 Å². The topological polar surface area (TPSA) is 77.8 Å². The second kappa shape index (κ2) is 29.4. The Balaban J connectivity index is 0.000000140. The minimum absolute atomic E-state index is 0.696. The maximum absolute atomic E-state index is 6.81. The van der Waals surface area contributed by atoms with Gasteiger partial charge in [-0.25, -0.2) is 19.9 Å². The molecule has 0 unspecified atom stereocenters. The molecule has 6 aromatic heterocycles. The lowest BCUT2D eigenvalue weighted by atomic mass is 9.92. The molecular weight excluding hydrogens is 1500 g/mol. The van der Waals surface area contributed by atoms with Gasteiger partial charge in [-0.1, -0.05) is 346 Å². The molecule has 0 fully saturated rings. The van der Waals surface area contributed by atoms with Gasteiger partial charge >= 0.3 is 0 Å². The van der Waals surface area contributed by atoms with E-state index in [1.54, 1.807) is 0 Å². The molecule has 0 aliphatic rings. The number of furan rings is 2. The summed E-state index contributed by atoms with van der Waals surface area (Å²) in [6, 6.07) is 146. The van der Waals surface area contributed by atoms with Gasteiger partial charge in [-0.15, -0.1) is 22.7 Å². The molecule has 6 heterocycles. The van der Waals surface area contributed by atoms with E-state index in [4.69, 9.17) is 28.8 Å². The molecule has 0 aliphatic heterocycles. The molecule has 18 aromatic carbocycles. The van der Waals surface area contributed by atoms with Crippen LogP contribution in [0.4, 0.5) is 0 Å². The van der Waals surface area contributed by atoms with Gasteiger partial charge in [0.25, 0.3) is 0 Å². The van der Waals surface area contributed by atoms with Crippen molar-refractivity contribution < 1.29 is 8.83 Å². The number of hydrogen-bond acceptors (Lipinski definition) is 8. The molecule has 0 spiro atoms. The van der Waals surface area contributed by atoms with Gasteiger partial charge in [-0.2, -0.15) is 0 Å². The van der Waals surface area contributed by atoms with Crippen LogP contribution in [0.25, 0.3) is 240 Å². The molecule has 0 radical (unpaired) electrons. The fraction of sp³-hybridized carbons (Fsp3) is 0. The summed E-state index contributed by atoms with van der Waals surface area (Å²) in [6.45, 7) is 0. The van der Waals surface area contributed by atoms with Gasteiger partial charge in [0.05, 0.1) is 22.8 Å².